The van der Waals surface area contributed by atoms with E-state index in [-0.39, 0.29) is 25.0 Å². The zero-order valence-electron chi connectivity index (χ0n) is 18.3. The second kappa shape index (κ2) is 9.27. The number of hydrogen-bond acceptors (Lipinski definition) is 2. The fourth-order valence-electron chi connectivity index (χ4n) is 3.53. The average Bonchev–Trinajstić information content (AvgIpc) is 3.05. The van der Waals surface area contributed by atoms with E-state index in [1.54, 1.807) is 6.07 Å². The lowest BCUT2D eigenvalue weighted by Gasteiger charge is -2.25. The number of nitrogens with one attached hydrogen (secondary N) is 2. The molecule has 2 rings (SSSR count). The topological polar surface area (TPSA) is 61.4 Å². The number of alkyl halides is 3. The Hall–Kier alpha value is -2.25. The summed E-state index contributed by atoms with van der Waals surface area (Å²) in [5, 5.41) is 5.75. The van der Waals surface area contributed by atoms with Gasteiger partial charge in [0.25, 0.3) is 0 Å². The standard InChI is InChI=1S/C22H32F3N3O2/c1-14(2)9-10-26-19(29)18-13-28(20(30)27-21(3,4)5)12-17(18)15-7-6-8-16(11-15)22(23,24)25/h6-8,11,14,17-18H,9-10,12-13H2,1-5H3,(H,26,29)(H,27,30)/t17-,18-/m0/s1. The van der Waals surface area contributed by atoms with Crippen molar-refractivity contribution in [2.24, 2.45) is 11.8 Å². The van der Waals surface area contributed by atoms with Gasteiger partial charge in [0, 0.05) is 31.1 Å². The fraction of sp³-hybridized carbons (Fsp3) is 0.636. The van der Waals surface area contributed by atoms with Gasteiger partial charge in [-0.3, -0.25) is 4.79 Å². The van der Waals surface area contributed by atoms with Crippen molar-refractivity contribution in [2.45, 2.75) is 58.7 Å². The summed E-state index contributed by atoms with van der Waals surface area (Å²) >= 11 is 0. The smallest absolute Gasteiger partial charge is 0.356 e. The quantitative estimate of drug-likeness (QED) is 0.732. The van der Waals surface area contributed by atoms with Gasteiger partial charge in [-0.25, -0.2) is 4.79 Å². The van der Waals surface area contributed by atoms with Gasteiger partial charge in [0.05, 0.1) is 11.5 Å². The molecule has 0 aromatic heterocycles. The number of urea groups is 1. The summed E-state index contributed by atoms with van der Waals surface area (Å²) in [6.07, 6.45) is -3.66. The van der Waals surface area contributed by atoms with E-state index in [2.05, 4.69) is 10.6 Å². The van der Waals surface area contributed by atoms with E-state index in [1.807, 2.05) is 34.6 Å². The van der Waals surface area contributed by atoms with Crippen LogP contribution in [0.1, 0.15) is 58.1 Å². The van der Waals surface area contributed by atoms with E-state index in [9.17, 15) is 22.8 Å². The van der Waals surface area contributed by atoms with Crippen LogP contribution < -0.4 is 10.6 Å². The molecule has 1 aliphatic heterocycles. The summed E-state index contributed by atoms with van der Waals surface area (Å²) in [6, 6.07) is 4.73. The lowest BCUT2D eigenvalue weighted by molar-refractivity contribution is -0.137. The van der Waals surface area contributed by atoms with E-state index in [0.29, 0.717) is 18.0 Å². The molecule has 1 aromatic rings. The molecule has 5 nitrogen and oxygen atoms in total. The first kappa shape index (κ1) is 24.0. The molecular formula is C22H32F3N3O2. The Kier molecular flexibility index (Phi) is 7.42. The van der Waals surface area contributed by atoms with Crippen molar-refractivity contribution < 1.29 is 22.8 Å². The highest BCUT2D eigenvalue weighted by molar-refractivity contribution is 5.83. The van der Waals surface area contributed by atoms with Gasteiger partial charge in [-0.15, -0.1) is 0 Å². The van der Waals surface area contributed by atoms with Crippen molar-refractivity contribution >= 4 is 11.9 Å². The van der Waals surface area contributed by atoms with E-state index in [1.165, 1.54) is 11.0 Å². The van der Waals surface area contributed by atoms with E-state index < -0.39 is 29.1 Å². The van der Waals surface area contributed by atoms with Crippen molar-refractivity contribution in [1.82, 2.24) is 15.5 Å². The van der Waals surface area contributed by atoms with Crippen LogP contribution in [0.3, 0.4) is 0 Å². The number of benzene rings is 1. The van der Waals surface area contributed by atoms with Crippen molar-refractivity contribution in [2.75, 3.05) is 19.6 Å². The molecule has 8 heteroatoms. The molecule has 0 spiro atoms. The lowest BCUT2D eigenvalue weighted by Crippen LogP contribution is -2.48. The second-order valence-corrected chi connectivity index (χ2v) is 9.39. The van der Waals surface area contributed by atoms with E-state index in [0.717, 1.165) is 18.6 Å². The monoisotopic (exact) mass is 427 g/mol. The summed E-state index contributed by atoms with van der Waals surface area (Å²) in [5.41, 5.74) is -0.795. The van der Waals surface area contributed by atoms with E-state index in [4.69, 9.17) is 0 Å². The van der Waals surface area contributed by atoms with Crippen molar-refractivity contribution in [3.8, 4) is 0 Å². The molecule has 1 saturated heterocycles. The van der Waals surface area contributed by atoms with Gasteiger partial charge in [0.1, 0.15) is 0 Å². The Morgan fingerprint density at radius 2 is 1.83 bits per heavy atom. The number of likely N-dealkylation sites (tertiary alicyclic amines) is 1. The molecule has 30 heavy (non-hydrogen) atoms. The maximum absolute atomic E-state index is 13.2. The molecule has 168 valence electrons. The highest BCUT2D eigenvalue weighted by Gasteiger charge is 2.41. The van der Waals surface area contributed by atoms with Gasteiger partial charge < -0.3 is 15.5 Å². The minimum Gasteiger partial charge on any atom is -0.356 e. The number of hydrogen-bond donors (Lipinski definition) is 2. The van der Waals surface area contributed by atoms with Crippen LogP contribution in [0.2, 0.25) is 0 Å². The molecule has 0 aliphatic carbocycles. The van der Waals surface area contributed by atoms with Crippen LogP contribution in [-0.2, 0) is 11.0 Å². The summed E-state index contributed by atoms with van der Waals surface area (Å²) in [7, 11) is 0. The first-order valence-corrected chi connectivity index (χ1v) is 10.3. The summed E-state index contributed by atoms with van der Waals surface area (Å²) in [5.74, 6) is -0.922. The Labute approximate surface area is 176 Å². The van der Waals surface area contributed by atoms with Gasteiger partial charge >= 0.3 is 12.2 Å². The highest BCUT2D eigenvalue weighted by atomic mass is 19.4. The van der Waals surface area contributed by atoms with Crippen LogP contribution in [-0.4, -0.2) is 42.0 Å². The number of amides is 3. The number of carbonyl (C=O) groups excluding carboxylic acids is 2. The number of rotatable bonds is 5. The van der Waals surface area contributed by atoms with Gasteiger partial charge in [-0.05, 0) is 44.7 Å². The number of carbonyl (C=O) groups is 2. The largest absolute Gasteiger partial charge is 0.416 e. The van der Waals surface area contributed by atoms with Crippen LogP contribution in [0.4, 0.5) is 18.0 Å². The molecular weight excluding hydrogens is 395 g/mol. The Morgan fingerprint density at radius 3 is 2.40 bits per heavy atom. The van der Waals surface area contributed by atoms with Gasteiger partial charge in [-0.2, -0.15) is 13.2 Å². The van der Waals surface area contributed by atoms with Crippen molar-refractivity contribution in [1.29, 1.82) is 0 Å². The summed E-state index contributed by atoms with van der Waals surface area (Å²) in [6.45, 7) is 10.5. The van der Waals surface area contributed by atoms with Crippen LogP contribution in [0, 0.1) is 11.8 Å². The second-order valence-electron chi connectivity index (χ2n) is 9.39. The molecule has 0 bridgehead atoms. The third-order valence-corrected chi connectivity index (χ3v) is 5.09. The Balaban J connectivity index is 2.26. The third kappa shape index (κ3) is 6.64. The maximum atomic E-state index is 13.2. The molecule has 1 aliphatic rings. The maximum Gasteiger partial charge on any atom is 0.416 e. The van der Waals surface area contributed by atoms with Crippen LogP contribution in [0.25, 0.3) is 0 Å². The van der Waals surface area contributed by atoms with Gasteiger partial charge in [0.2, 0.25) is 5.91 Å². The van der Waals surface area contributed by atoms with Crippen LogP contribution >= 0.6 is 0 Å². The fourth-order valence-corrected chi connectivity index (χ4v) is 3.53. The first-order valence-electron chi connectivity index (χ1n) is 10.3. The number of nitrogens with zero attached hydrogens (tertiary/aromatic N) is 1. The highest BCUT2D eigenvalue weighted by Crippen LogP contribution is 2.36. The van der Waals surface area contributed by atoms with Crippen molar-refractivity contribution in [3.63, 3.8) is 0 Å². The Bertz CT molecular complexity index is 757. The zero-order chi connectivity index (χ0) is 22.7. The number of halogens is 3. The van der Waals surface area contributed by atoms with Gasteiger partial charge in [-0.1, -0.05) is 32.0 Å². The normalized spacial score (nSPS) is 19.8. The molecule has 0 radical (unpaired) electrons. The predicted molar refractivity (Wildman–Crippen MR) is 110 cm³/mol. The summed E-state index contributed by atoms with van der Waals surface area (Å²) in [4.78, 5) is 27.0. The summed E-state index contributed by atoms with van der Waals surface area (Å²) < 4.78 is 39.6. The first-order chi connectivity index (χ1) is 13.8. The van der Waals surface area contributed by atoms with E-state index >= 15 is 0 Å². The third-order valence-electron chi connectivity index (χ3n) is 5.09. The van der Waals surface area contributed by atoms with Crippen molar-refractivity contribution in [3.05, 3.63) is 35.4 Å². The van der Waals surface area contributed by atoms with Crippen LogP contribution in [0.5, 0.6) is 0 Å². The SMILES string of the molecule is CC(C)CCNC(=O)[C@H]1CN(C(=O)NC(C)(C)C)C[C@H]1c1cccc(C(F)(F)F)c1. The zero-order valence-corrected chi connectivity index (χ0v) is 18.3. The molecule has 2 N–H and O–H groups in total. The minimum absolute atomic E-state index is 0.163. The molecule has 1 fully saturated rings. The molecule has 1 aromatic carbocycles. The molecule has 1 heterocycles. The molecule has 2 atom stereocenters. The van der Waals surface area contributed by atoms with Crippen LogP contribution in [0.15, 0.2) is 24.3 Å². The lowest BCUT2D eigenvalue weighted by atomic mass is 9.87. The molecule has 0 saturated carbocycles. The van der Waals surface area contributed by atoms with Gasteiger partial charge in [0.15, 0.2) is 0 Å². The Morgan fingerprint density at radius 1 is 1.17 bits per heavy atom. The average molecular weight is 428 g/mol. The minimum atomic E-state index is -4.47. The predicted octanol–water partition coefficient (Wildman–Crippen LogP) is 4.39. The molecule has 0 unspecified atom stereocenters. The molecule has 3 amide bonds.